The molecule has 1 aromatic heterocycles. The second kappa shape index (κ2) is 7.38. The molecule has 130 valence electrons. The molecule has 3 rings (SSSR count). The number of nitriles is 1. The second-order valence-electron chi connectivity index (χ2n) is 5.81. The summed E-state index contributed by atoms with van der Waals surface area (Å²) in [5, 5.41) is 12.6. The zero-order chi connectivity index (χ0) is 18.7. The van der Waals surface area contributed by atoms with Crippen molar-refractivity contribution in [1.29, 1.82) is 5.26 Å². The molecule has 1 N–H and O–H groups in total. The van der Waals surface area contributed by atoms with E-state index in [1.807, 2.05) is 38.1 Å². The lowest BCUT2D eigenvalue weighted by Gasteiger charge is -2.05. The van der Waals surface area contributed by atoms with Gasteiger partial charge in [-0.25, -0.2) is 4.98 Å². The van der Waals surface area contributed by atoms with E-state index in [1.165, 1.54) is 17.4 Å². The number of nitrogens with one attached hydrogen (secondary N) is 1. The van der Waals surface area contributed by atoms with Crippen LogP contribution in [0.25, 0.3) is 16.3 Å². The maximum Gasteiger partial charge on any atom is 0.268 e. The lowest BCUT2D eigenvalue weighted by molar-refractivity contribution is -0.112. The molecule has 1 heterocycles. The molecule has 0 atom stereocenters. The highest BCUT2D eigenvalue weighted by molar-refractivity contribution is 7.22. The molecule has 0 aliphatic rings. The molecule has 0 unspecified atom stereocenters. The van der Waals surface area contributed by atoms with Crippen LogP contribution in [0.15, 0.2) is 42.0 Å². The Morgan fingerprint density at radius 1 is 1.31 bits per heavy atom. The van der Waals surface area contributed by atoms with Gasteiger partial charge in [0.15, 0.2) is 5.13 Å². The average Bonchev–Trinajstić information content (AvgIpc) is 3.02. The van der Waals surface area contributed by atoms with Crippen molar-refractivity contribution in [3.8, 4) is 11.8 Å². The lowest BCUT2D eigenvalue weighted by atomic mass is 10.1. The first-order chi connectivity index (χ1) is 12.5. The van der Waals surface area contributed by atoms with E-state index in [0.717, 1.165) is 21.3 Å². The quantitative estimate of drug-likeness (QED) is 0.548. The number of hydrogen-bond acceptors (Lipinski definition) is 5. The van der Waals surface area contributed by atoms with Gasteiger partial charge in [-0.1, -0.05) is 35.6 Å². The number of methoxy groups -OCH3 is 1. The molecule has 0 saturated heterocycles. The van der Waals surface area contributed by atoms with Crippen LogP contribution in [0.4, 0.5) is 5.13 Å². The van der Waals surface area contributed by atoms with Crippen molar-refractivity contribution in [1.82, 2.24) is 4.98 Å². The van der Waals surface area contributed by atoms with Crippen LogP contribution in [0.1, 0.15) is 16.7 Å². The zero-order valence-electron chi connectivity index (χ0n) is 14.7. The van der Waals surface area contributed by atoms with Crippen LogP contribution in [-0.4, -0.2) is 18.0 Å². The largest absolute Gasteiger partial charge is 0.496 e. The highest BCUT2D eigenvalue weighted by atomic mass is 32.1. The van der Waals surface area contributed by atoms with Crippen molar-refractivity contribution in [2.45, 2.75) is 13.8 Å². The number of fused-ring (bicyclic) bond motifs is 1. The third-order valence-corrected chi connectivity index (χ3v) is 4.77. The Labute approximate surface area is 155 Å². The van der Waals surface area contributed by atoms with E-state index in [1.54, 1.807) is 19.2 Å². The van der Waals surface area contributed by atoms with Crippen molar-refractivity contribution < 1.29 is 9.53 Å². The standard InChI is InChI=1S/C20H17N3O2S/c1-12-8-13(2)18-17(9-12)26-20(22-18)23-19(24)15(11-21)10-14-6-4-5-7-16(14)25-3/h4-10H,1-3H3,(H,22,23,24)/b15-10+. The van der Waals surface area contributed by atoms with E-state index in [4.69, 9.17) is 4.74 Å². The third kappa shape index (κ3) is 3.58. The topological polar surface area (TPSA) is 75.0 Å². The average molecular weight is 363 g/mol. The van der Waals surface area contributed by atoms with Crippen LogP contribution in [0.5, 0.6) is 5.75 Å². The van der Waals surface area contributed by atoms with Gasteiger partial charge in [-0.3, -0.25) is 10.1 Å². The number of carbonyl (C=O) groups excluding carboxylic acids is 1. The Morgan fingerprint density at radius 2 is 2.08 bits per heavy atom. The van der Waals surface area contributed by atoms with E-state index in [-0.39, 0.29) is 5.57 Å². The predicted molar refractivity (Wildman–Crippen MR) is 104 cm³/mol. The maximum absolute atomic E-state index is 12.5. The van der Waals surface area contributed by atoms with E-state index >= 15 is 0 Å². The second-order valence-corrected chi connectivity index (χ2v) is 6.84. The molecule has 0 saturated carbocycles. The first-order valence-corrected chi connectivity index (χ1v) is 8.77. The minimum atomic E-state index is -0.494. The number of rotatable bonds is 4. The predicted octanol–water partition coefficient (Wildman–Crippen LogP) is 4.47. The number of aromatic nitrogens is 1. The van der Waals surface area contributed by atoms with Crippen molar-refractivity contribution in [3.05, 3.63) is 58.7 Å². The summed E-state index contributed by atoms with van der Waals surface area (Å²) in [6.07, 6.45) is 1.51. The van der Waals surface area contributed by atoms with Gasteiger partial charge in [0.1, 0.15) is 17.4 Å². The molecular formula is C20H17N3O2S. The van der Waals surface area contributed by atoms with Gasteiger partial charge in [0.05, 0.1) is 17.3 Å². The number of para-hydroxylation sites is 1. The van der Waals surface area contributed by atoms with Gasteiger partial charge in [-0.2, -0.15) is 5.26 Å². The molecule has 0 spiro atoms. The number of carbonyl (C=O) groups is 1. The summed E-state index contributed by atoms with van der Waals surface area (Å²) in [7, 11) is 1.55. The summed E-state index contributed by atoms with van der Waals surface area (Å²) in [6.45, 7) is 4.01. The van der Waals surface area contributed by atoms with Crippen LogP contribution >= 0.6 is 11.3 Å². The fourth-order valence-electron chi connectivity index (χ4n) is 2.68. The Balaban J connectivity index is 1.90. The molecule has 5 nitrogen and oxygen atoms in total. The van der Waals surface area contributed by atoms with E-state index in [9.17, 15) is 10.1 Å². The fraction of sp³-hybridized carbons (Fsp3) is 0.150. The van der Waals surface area contributed by atoms with Crippen LogP contribution in [0.2, 0.25) is 0 Å². The number of aryl methyl sites for hydroxylation is 2. The van der Waals surface area contributed by atoms with Gasteiger partial charge in [-0.15, -0.1) is 0 Å². The Kier molecular flexibility index (Phi) is 5.01. The van der Waals surface area contributed by atoms with Crippen LogP contribution < -0.4 is 10.1 Å². The summed E-state index contributed by atoms with van der Waals surface area (Å²) in [5.74, 6) is 0.103. The zero-order valence-corrected chi connectivity index (χ0v) is 15.5. The third-order valence-electron chi connectivity index (χ3n) is 3.85. The number of amides is 1. The molecule has 26 heavy (non-hydrogen) atoms. The van der Waals surface area contributed by atoms with Gasteiger partial charge in [-0.05, 0) is 43.2 Å². The first kappa shape index (κ1) is 17.6. The van der Waals surface area contributed by atoms with E-state index in [2.05, 4.69) is 16.4 Å². The van der Waals surface area contributed by atoms with Crippen LogP contribution in [0, 0.1) is 25.2 Å². The molecular weight excluding hydrogens is 346 g/mol. The van der Waals surface area contributed by atoms with Crippen molar-refractivity contribution in [2.24, 2.45) is 0 Å². The minimum absolute atomic E-state index is 0.0124. The number of benzene rings is 2. The summed E-state index contributed by atoms with van der Waals surface area (Å²) >= 11 is 1.39. The molecule has 0 aliphatic heterocycles. The molecule has 6 heteroatoms. The SMILES string of the molecule is COc1ccccc1/C=C(\C#N)C(=O)Nc1nc2c(C)cc(C)cc2s1. The lowest BCUT2D eigenvalue weighted by Crippen LogP contribution is -2.13. The Morgan fingerprint density at radius 3 is 2.81 bits per heavy atom. The Bertz CT molecular complexity index is 1060. The number of hydrogen-bond donors (Lipinski definition) is 1. The summed E-state index contributed by atoms with van der Waals surface area (Å²) < 4.78 is 6.26. The molecule has 0 radical (unpaired) electrons. The number of anilines is 1. The van der Waals surface area contributed by atoms with Gasteiger partial charge in [0, 0.05) is 5.56 Å². The summed E-state index contributed by atoms with van der Waals surface area (Å²) in [5.41, 5.74) is 3.72. The minimum Gasteiger partial charge on any atom is -0.496 e. The molecule has 2 aromatic carbocycles. The Hall–Kier alpha value is -3.17. The van der Waals surface area contributed by atoms with E-state index in [0.29, 0.717) is 16.4 Å². The van der Waals surface area contributed by atoms with Gasteiger partial charge in [0.25, 0.3) is 5.91 Å². The smallest absolute Gasteiger partial charge is 0.268 e. The summed E-state index contributed by atoms with van der Waals surface area (Å²) in [6, 6.07) is 13.2. The van der Waals surface area contributed by atoms with E-state index < -0.39 is 5.91 Å². The van der Waals surface area contributed by atoms with Crippen molar-refractivity contribution in [3.63, 3.8) is 0 Å². The number of ether oxygens (including phenoxy) is 1. The molecule has 0 aliphatic carbocycles. The van der Waals surface area contributed by atoms with Crippen molar-refractivity contribution in [2.75, 3.05) is 12.4 Å². The summed E-state index contributed by atoms with van der Waals surface area (Å²) in [4.78, 5) is 17.0. The van der Waals surface area contributed by atoms with Crippen LogP contribution in [0.3, 0.4) is 0 Å². The number of nitrogens with zero attached hydrogens (tertiary/aromatic N) is 2. The highest BCUT2D eigenvalue weighted by Gasteiger charge is 2.14. The van der Waals surface area contributed by atoms with Gasteiger partial charge >= 0.3 is 0 Å². The fourth-order valence-corrected chi connectivity index (χ4v) is 3.72. The monoisotopic (exact) mass is 363 g/mol. The van der Waals surface area contributed by atoms with Crippen LogP contribution in [-0.2, 0) is 4.79 Å². The van der Waals surface area contributed by atoms with Gasteiger partial charge < -0.3 is 4.74 Å². The molecule has 0 bridgehead atoms. The highest BCUT2D eigenvalue weighted by Crippen LogP contribution is 2.29. The number of thiazole rings is 1. The van der Waals surface area contributed by atoms with Crippen molar-refractivity contribution >= 4 is 38.7 Å². The normalized spacial score (nSPS) is 11.2. The molecule has 1 amide bonds. The molecule has 0 fully saturated rings. The first-order valence-electron chi connectivity index (χ1n) is 7.95. The molecule has 3 aromatic rings. The maximum atomic E-state index is 12.5. The van der Waals surface area contributed by atoms with Gasteiger partial charge in [0.2, 0.25) is 0 Å².